The zero-order valence-electron chi connectivity index (χ0n) is 18.9. The van der Waals surface area contributed by atoms with Crippen molar-refractivity contribution in [3.05, 3.63) is 46.5 Å². The lowest BCUT2D eigenvalue weighted by Crippen LogP contribution is -2.55. The summed E-state index contributed by atoms with van der Waals surface area (Å²) < 4.78 is 2.05. The molecule has 4 rings (SSSR count). The smallest absolute Gasteiger partial charge is 0.289 e. The van der Waals surface area contributed by atoms with Crippen molar-refractivity contribution in [1.29, 1.82) is 0 Å². The van der Waals surface area contributed by atoms with Crippen molar-refractivity contribution < 1.29 is 4.79 Å². The monoisotopic (exact) mass is 410 g/mol. The van der Waals surface area contributed by atoms with Gasteiger partial charge >= 0.3 is 0 Å². The van der Waals surface area contributed by atoms with Crippen molar-refractivity contribution in [2.45, 2.75) is 59.3 Å². The molecule has 0 radical (unpaired) electrons. The molecule has 7 nitrogen and oxygen atoms in total. The highest BCUT2D eigenvalue weighted by atomic mass is 16.2. The summed E-state index contributed by atoms with van der Waals surface area (Å²) in [6.07, 6.45) is 1.08. The first-order chi connectivity index (χ1) is 14.3. The molecule has 1 N–H and O–H groups in total. The number of fused-ring (bicyclic) bond motifs is 1. The summed E-state index contributed by atoms with van der Waals surface area (Å²) in [5.41, 5.74) is 4.07. The van der Waals surface area contributed by atoms with E-state index in [0.717, 1.165) is 45.0 Å². The molecule has 0 unspecified atom stereocenters. The quantitative estimate of drug-likeness (QED) is 0.820. The minimum absolute atomic E-state index is 0.0161. The number of nitrogens with zero attached hydrogens (tertiary/aromatic N) is 5. The molecule has 30 heavy (non-hydrogen) atoms. The Morgan fingerprint density at radius 2 is 2.00 bits per heavy atom. The summed E-state index contributed by atoms with van der Waals surface area (Å²) in [5, 5.41) is 11.5. The number of carbonyl (C=O) groups is 1. The highest BCUT2D eigenvalue weighted by molar-refractivity contribution is 5.90. The Hall–Kier alpha value is -2.25. The van der Waals surface area contributed by atoms with Gasteiger partial charge in [0.15, 0.2) is 0 Å². The predicted octanol–water partition coefficient (Wildman–Crippen LogP) is 2.37. The number of aryl methyl sites for hydroxylation is 2. The SMILES string of the molecule is Cc1ccc(CN2CC[C@@]3(C2)Cn2c(nnc2C(=O)NCC(C)C)CN3C)cc1C. The van der Waals surface area contributed by atoms with Gasteiger partial charge in [0.2, 0.25) is 5.82 Å². The molecule has 0 aliphatic carbocycles. The Morgan fingerprint density at radius 1 is 1.20 bits per heavy atom. The first-order valence-electron chi connectivity index (χ1n) is 11.0. The normalized spacial score (nSPS) is 22.1. The number of carbonyl (C=O) groups excluding carboxylic acids is 1. The van der Waals surface area contributed by atoms with Gasteiger partial charge < -0.3 is 9.88 Å². The van der Waals surface area contributed by atoms with Gasteiger partial charge in [-0.25, -0.2) is 0 Å². The Balaban J connectivity index is 1.49. The van der Waals surface area contributed by atoms with Gasteiger partial charge in [-0.3, -0.25) is 14.6 Å². The molecule has 1 spiro atoms. The maximum absolute atomic E-state index is 12.7. The van der Waals surface area contributed by atoms with E-state index < -0.39 is 0 Å². The molecule has 1 aromatic carbocycles. The van der Waals surface area contributed by atoms with E-state index in [9.17, 15) is 4.79 Å². The number of likely N-dealkylation sites (N-methyl/N-ethyl adjacent to an activating group) is 1. The molecule has 2 aliphatic rings. The number of likely N-dealkylation sites (tertiary alicyclic amines) is 1. The number of amides is 1. The van der Waals surface area contributed by atoms with Crippen LogP contribution >= 0.6 is 0 Å². The molecular formula is C23H34N6O. The highest BCUT2D eigenvalue weighted by Crippen LogP contribution is 2.34. The van der Waals surface area contributed by atoms with E-state index in [0.29, 0.717) is 18.3 Å². The summed E-state index contributed by atoms with van der Waals surface area (Å²) in [5.74, 6) is 1.62. The fourth-order valence-corrected chi connectivity index (χ4v) is 4.63. The zero-order chi connectivity index (χ0) is 21.5. The van der Waals surface area contributed by atoms with Crippen LogP contribution < -0.4 is 5.32 Å². The van der Waals surface area contributed by atoms with Crippen LogP contribution in [0.2, 0.25) is 0 Å². The average Bonchev–Trinajstić information content (AvgIpc) is 3.28. The summed E-state index contributed by atoms with van der Waals surface area (Å²) in [7, 11) is 2.18. The van der Waals surface area contributed by atoms with Crippen molar-refractivity contribution in [3.8, 4) is 0 Å². The minimum Gasteiger partial charge on any atom is -0.349 e. The highest BCUT2D eigenvalue weighted by Gasteiger charge is 2.46. The lowest BCUT2D eigenvalue weighted by Gasteiger charge is -2.42. The third-order valence-corrected chi connectivity index (χ3v) is 6.73. The van der Waals surface area contributed by atoms with Crippen molar-refractivity contribution in [1.82, 2.24) is 29.9 Å². The van der Waals surface area contributed by atoms with E-state index >= 15 is 0 Å². The summed E-state index contributed by atoms with van der Waals surface area (Å²) in [4.78, 5) is 17.6. The fraction of sp³-hybridized carbons (Fsp3) is 0.609. The van der Waals surface area contributed by atoms with Gasteiger partial charge in [0, 0.05) is 32.7 Å². The molecule has 7 heteroatoms. The number of benzene rings is 1. The van der Waals surface area contributed by atoms with Crippen LogP contribution in [-0.2, 0) is 19.6 Å². The predicted molar refractivity (Wildman–Crippen MR) is 117 cm³/mol. The van der Waals surface area contributed by atoms with Crippen LogP contribution in [0.15, 0.2) is 18.2 Å². The van der Waals surface area contributed by atoms with E-state index in [1.54, 1.807) is 0 Å². The number of hydrogen-bond acceptors (Lipinski definition) is 5. The molecule has 1 saturated heterocycles. The van der Waals surface area contributed by atoms with Gasteiger partial charge in [-0.2, -0.15) is 0 Å². The van der Waals surface area contributed by atoms with Crippen molar-refractivity contribution in [2.75, 3.05) is 26.7 Å². The molecule has 0 bridgehead atoms. The average molecular weight is 411 g/mol. The summed E-state index contributed by atoms with van der Waals surface area (Å²) in [6, 6.07) is 6.77. The van der Waals surface area contributed by atoms with Gasteiger partial charge in [-0.15, -0.1) is 10.2 Å². The van der Waals surface area contributed by atoms with Crippen LogP contribution in [-0.4, -0.2) is 62.7 Å². The van der Waals surface area contributed by atoms with Gasteiger partial charge in [-0.05, 0) is 49.9 Å². The Labute approximate surface area is 179 Å². The van der Waals surface area contributed by atoms with Crippen LogP contribution in [0.5, 0.6) is 0 Å². The number of hydrogen-bond donors (Lipinski definition) is 1. The number of rotatable bonds is 5. The largest absolute Gasteiger partial charge is 0.349 e. The molecule has 0 saturated carbocycles. The van der Waals surface area contributed by atoms with Crippen molar-refractivity contribution in [2.24, 2.45) is 5.92 Å². The van der Waals surface area contributed by atoms with Crippen LogP contribution in [0.4, 0.5) is 0 Å². The van der Waals surface area contributed by atoms with Gasteiger partial charge in [0.25, 0.3) is 5.91 Å². The second kappa shape index (κ2) is 8.12. The van der Waals surface area contributed by atoms with E-state index in [1.807, 2.05) is 0 Å². The Kier molecular flexibility index (Phi) is 5.68. The molecule has 1 fully saturated rings. The molecular weight excluding hydrogens is 376 g/mol. The van der Waals surface area contributed by atoms with Crippen LogP contribution in [0.25, 0.3) is 0 Å². The Bertz CT molecular complexity index is 936. The summed E-state index contributed by atoms with van der Waals surface area (Å²) >= 11 is 0. The molecule has 1 aromatic heterocycles. The van der Waals surface area contributed by atoms with Gasteiger partial charge in [-0.1, -0.05) is 32.0 Å². The van der Waals surface area contributed by atoms with Crippen molar-refractivity contribution >= 4 is 5.91 Å². The molecule has 1 amide bonds. The second-order valence-corrected chi connectivity index (χ2v) is 9.59. The number of aromatic nitrogens is 3. The zero-order valence-corrected chi connectivity index (χ0v) is 18.9. The van der Waals surface area contributed by atoms with E-state index in [2.05, 4.69) is 82.8 Å². The van der Waals surface area contributed by atoms with E-state index in [-0.39, 0.29) is 11.4 Å². The van der Waals surface area contributed by atoms with Crippen LogP contribution in [0, 0.1) is 19.8 Å². The van der Waals surface area contributed by atoms with Crippen LogP contribution in [0.1, 0.15) is 53.4 Å². The summed E-state index contributed by atoms with van der Waals surface area (Å²) in [6.45, 7) is 13.7. The maximum atomic E-state index is 12.7. The lowest BCUT2D eigenvalue weighted by atomic mass is 9.94. The maximum Gasteiger partial charge on any atom is 0.289 e. The lowest BCUT2D eigenvalue weighted by molar-refractivity contribution is 0.0648. The third kappa shape index (κ3) is 4.01. The topological polar surface area (TPSA) is 66.3 Å². The molecule has 2 aromatic rings. The van der Waals surface area contributed by atoms with E-state index in [4.69, 9.17) is 0 Å². The first-order valence-corrected chi connectivity index (χ1v) is 11.0. The molecule has 162 valence electrons. The first kappa shape index (κ1) is 21.0. The molecule has 3 heterocycles. The number of nitrogens with one attached hydrogen (secondary N) is 1. The Morgan fingerprint density at radius 3 is 2.73 bits per heavy atom. The minimum atomic E-state index is -0.118. The van der Waals surface area contributed by atoms with E-state index in [1.165, 1.54) is 16.7 Å². The van der Waals surface area contributed by atoms with Crippen LogP contribution in [0.3, 0.4) is 0 Å². The molecule has 1 atom stereocenters. The standard InChI is InChI=1S/C23H34N6O/c1-16(2)11-24-22(30)21-26-25-20-13-27(5)23(15-29(20)21)8-9-28(14-23)12-19-7-6-17(3)18(4)10-19/h6-7,10,16H,8-9,11-15H2,1-5H3,(H,24,30)/t23-/m1/s1. The second-order valence-electron chi connectivity index (χ2n) is 9.59. The third-order valence-electron chi connectivity index (χ3n) is 6.73. The fourth-order valence-electron chi connectivity index (χ4n) is 4.63. The molecule has 2 aliphatic heterocycles. The van der Waals surface area contributed by atoms with Gasteiger partial charge in [0.05, 0.1) is 12.1 Å². The van der Waals surface area contributed by atoms with Crippen molar-refractivity contribution in [3.63, 3.8) is 0 Å². The van der Waals surface area contributed by atoms with Gasteiger partial charge in [0.1, 0.15) is 5.82 Å².